The van der Waals surface area contributed by atoms with E-state index in [-0.39, 0.29) is 11.5 Å². The molecular formula is C14H20N2O2. The molecule has 1 aromatic carbocycles. The maximum atomic E-state index is 11.7. The van der Waals surface area contributed by atoms with Gasteiger partial charge in [-0.25, -0.2) is 4.79 Å². The Bertz CT molecular complexity index is 453. The van der Waals surface area contributed by atoms with Gasteiger partial charge in [-0.05, 0) is 45.2 Å². The number of nitrogens with one attached hydrogen (secondary N) is 1. The minimum atomic E-state index is -0.364. The molecule has 0 heterocycles. The lowest BCUT2D eigenvalue weighted by atomic mass is 9.78. The maximum absolute atomic E-state index is 11.7. The first kappa shape index (κ1) is 12.7. The smallest absolute Gasteiger partial charge is 0.340 e. The number of rotatable bonds is 4. The van der Waals surface area contributed by atoms with Crippen molar-refractivity contribution in [2.24, 2.45) is 0 Å². The summed E-state index contributed by atoms with van der Waals surface area (Å²) in [5, 5.41) is 3.43. The molecule has 3 N–H and O–H groups in total. The molecule has 0 bridgehead atoms. The molecule has 1 aromatic rings. The van der Waals surface area contributed by atoms with Crippen molar-refractivity contribution in [3.05, 3.63) is 23.8 Å². The number of hydrogen-bond donors (Lipinski definition) is 2. The summed E-state index contributed by atoms with van der Waals surface area (Å²) in [6.07, 6.45) is 3.51. The monoisotopic (exact) mass is 248 g/mol. The van der Waals surface area contributed by atoms with Gasteiger partial charge < -0.3 is 15.8 Å². The molecule has 0 spiro atoms. The fourth-order valence-corrected chi connectivity index (χ4v) is 2.22. The summed E-state index contributed by atoms with van der Waals surface area (Å²) >= 11 is 0. The lowest BCUT2D eigenvalue weighted by Crippen LogP contribution is -2.41. The predicted octanol–water partition coefficient (Wildman–Crippen LogP) is 2.80. The zero-order valence-corrected chi connectivity index (χ0v) is 11.0. The highest BCUT2D eigenvalue weighted by Crippen LogP contribution is 2.36. The highest BCUT2D eigenvalue weighted by atomic mass is 16.5. The van der Waals surface area contributed by atoms with E-state index in [4.69, 9.17) is 10.5 Å². The molecule has 98 valence electrons. The van der Waals surface area contributed by atoms with Gasteiger partial charge in [0.05, 0.1) is 23.5 Å². The van der Waals surface area contributed by atoms with E-state index < -0.39 is 0 Å². The zero-order valence-electron chi connectivity index (χ0n) is 11.0. The van der Waals surface area contributed by atoms with E-state index in [0.717, 1.165) is 18.5 Å². The van der Waals surface area contributed by atoms with Crippen molar-refractivity contribution >= 4 is 17.3 Å². The second-order valence-corrected chi connectivity index (χ2v) is 5.03. The summed E-state index contributed by atoms with van der Waals surface area (Å²) in [7, 11) is 0. The number of ether oxygens (including phenoxy) is 1. The number of hydrogen-bond acceptors (Lipinski definition) is 4. The second-order valence-electron chi connectivity index (χ2n) is 5.03. The number of nitrogen functional groups attached to an aromatic ring is 1. The molecule has 1 aliphatic carbocycles. The van der Waals surface area contributed by atoms with Crippen LogP contribution in [0.5, 0.6) is 0 Å². The van der Waals surface area contributed by atoms with Crippen LogP contribution in [0.1, 0.15) is 43.5 Å². The van der Waals surface area contributed by atoms with Crippen LogP contribution in [0.4, 0.5) is 11.4 Å². The van der Waals surface area contributed by atoms with Crippen LogP contribution < -0.4 is 11.1 Å². The summed E-state index contributed by atoms with van der Waals surface area (Å²) in [6, 6.07) is 5.43. The Labute approximate surface area is 108 Å². The third kappa shape index (κ3) is 2.42. The third-order valence-corrected chi connectivity index (χ3v) is 3.50. The summed E-state index contributed by atoms with van der Waals surface area (Å²) < 4.78 is 4.99. The van der Waals surface area contributed by atoms with Gasteiger partial charge in [0.25, 0.3) is 0 Å². The first-order chi connectivity index (χ1) is 8.56. The predicted molar refractivity (Wildman–Crippen MR) is 72.7 cm³/mol. The van der Waals surface area contributed by atoms with Gasteiger partial charge in [0.1, 0.15) is 0 Å². The average molecular weight is 248 g/mol. The maximum Gasteiger partial charge on any atom is 0.340 e. The molecule has 1 fully saturated rings. The Morgan fingerprint density at radius 1 is 1.50 bits per heavy atom. The van der Waals surface area contributed by atoms with Crippen molar-refractivity contribution in [3.8, 4) is 0 Å². The molecule has 2 rings (SSSR count). The largest absolute Gasteiger partial charge is 0.462 e. The summed E-state index contributed by atoms with van der Waals surface area (Å²) in [5.41, 5.74) is 7.88. The normalized spacial score (nSPS) is 16.8. The van der Waals surface area contributed by atoms with Crippen LogP contribution in [0.3, 0.4) is 0 Å². The van der Waals surface area contributed by atoms with Crippen molar-refractivity contribution in [2.45, 2.75) is 38.6 Å². The zero-order chi connectivity index (χ0) is 13.2. The number of carbonyl (C=O) groups is 1. The van der Waals surface area contributed by atoms with Gasteiger partial charge in [-0.2, -0.15) is 0 Å². The highest BCUT2D eigenvalue weighted by molar-refractivity contribution is 5.98. The third-order valence-electron chi connectivity index (χ3n) is 3.50. The number of para-hydroxylation sites is 1. The second kappa shape index (κ2) is 4.88. The van der Waals surface area contributed by atoms with E-state index in [0.29, 0.717) is 17.9 Å². The van der Waals surface area contributed by atoms with E-state index in [9.17, 15) is 4.79 Å². The molecule has 0 amide bonds. The number of nitrogens with two attached hydrogens (primary N) is 1. The van der Waals surface area contributed by atoms with Crippen molar-refractivity contribution < 1.29 is 9.53 Å². The number of anilines is 2. The SMILES string of the molecule is CCOC(=O)c1cccc(NC2(C)CCC2)c1N. The highest BCUT2D eigenvalue weighted by Gasteiger charge is 2.32. The molecule has 0 unspecified atom stereocenters. The number of esters is 1. The lowest BCUT2D eigenvalue weighted by Gasteiger charge is -2.40. The molecule has 4 heteroatoms. The lowest BCUT2D eigenvalue weighted by molar-refractivity contribution is 0.0527. The topological polar surface area (TPSA) is 64.3 Å². The minimum Gasteiger partial charge on any atom is -0.462 e. The molecule has 1 saturated carbocycles. The number of carbonyl (C=O) groups excluding carboxylic acids is 1. The van der Waals surface area contributed by atoms with Crippen LogP contribution in [-0.2, 0) is 4.74 Å². The van der Waals surface area contributed by atoms with Gasteiger partial charge in [0.2, 0.25) is 0 Å². The van der Waals surface area contributed by atoms with Crippen LogP contribution in [-0.4, -0.2) is 18.1 Å². The number of benzene rings is 1. The molecule has 0 aliphatic heterocycles. The van der Waals surface area contributed by atoms with E-state index in [1.165, 1.54) is 6.42 Å². The fraction of sp³-hybridized carbons (Fsp3) is 0.500. The first-order valence-electron chi connectivity index (χ1n) is 6.39. The van der Waals surface area contributed by atoms with Gasteiger partial charge in [0, 0.05) is 5.54 Å². The van der Waals surface area contributed by atoms with Crippen LogP contribution >= 0.6 is 0 Å². The summed E-state index contributed by atoms with van der Waals surface area (Å²) in [4.78, 5) is 11.7. The van der Waals surface area contributed by atoms with Gasteiger partial charge in [0.15, 0.2) is 0 Å². The molecule has 0 aromatic heterocycles. The van der Waals surface area contributed by atoms with Crippen molar-refractivity contribution in [3.63, 3.8) is 0 Å². The minimum absolute atomic E-state index is 0.113. The van der Waals surface area contributed by atoms with Crippen LogP contribution in [0.2, 0.25) is 0 Å². The molecule has 18 heavy (non-hydrogen) atoms. The Morgan fingerprint density at radius 2 is 2.22 bits per heavy atom. The van der Waals surface area contributed by atoms with Gasteiger partial charge in [-0.15, -0.1) is 0 Å². The Hall–Kier alpha value is -1.71. The van der Waals surface area contributed by atoms with Gasteiger partial charge in [-0.1, -0.05) is 6.07 Å². The quantitative estimate of drug-likeness (QED) is 0.635. The van der Waals surface area contributed by atoms with Crippen molar-refractivity contribution in [2.75, 3.05) is 17.7 Å². The first-order valence-corrected chi connectivity index (χ1v) is 6.39. The molecule has 1 aliphatic rings. The summed E-state index contributed by atoms with van der Waals surface area (Å²) in [5.74, 6) is -0.364. The van der Waals surface area contributed by atoms with E-state index in [2.05, 4.69) is 12.2 Å². The van der Waals surface area contributed by atoms with Gasteiger partial charge >= 0.3 is 5.97 Å². The average Bonchev–Trinajstić information content (AvgIpc) is 2.30. The van der Waals surface area contributed by atoms with Gasteiger partial charge in [-0.3, -0.25) is 0 Å². The standard InChI is InChI=1S/C14H20N2O2/c1-3-18-13(17)10-6-4-7-11(12(10)15)16-14(2)8-5-9-14/h4,6-7,16H,3,5,8-9,15H2,1-2H3. The van der Waals surface area contributed by atoms with Crippen LogP contribution in [0.15, 0.2) is 18.2 Å². The Morgan fingerprint density at radius 3 is 2.78 bits per heavy atom. The fourth-order valence-electron chi connectivity index (χ4n) is 2.22. The van der Waals surface area contributed by atoms with E-state index in [1.807, 2.05) is 12.1 Å². The molecule has 0 saturated heterocycles. The van der Waals surface area contributed by atoms with Crippen LogP contribution in [0, 0.1) is 0 Å². The molecule has 0 atom stereocenters. The van der Waals surface area contributed by atoms with Crippen molar-refractivity contribution in [1.82, 2.24) is 0 Å². The molecular weight excluding hydrogens is 228 g/mol. The Kier molecular flexibility index (Phi) is 3.45. The molecule has 0 radical (unpaired) electrons. The van der Waals surface area contributed by atoms with E-state index >= 15 is 0 Å². The van der Waals surface area contributed by atoms with Crippen molar-refractivity contribution in [1.29, 1.82) is 0 Å². The van der Waals surface area contributed by atoms with E-state index in [1.54, 1.807) is 13.0 Å². The Balaban J connectivity index is 2.21. The molecule has 4 nitrogen and oxygen atoms in total. The van der Waals surface area contributed by atoms with Crippen LogP contribution in [0.25, 0.3) is 0 Å². The summed E-state index contributed by atoms with van der Waals surface area (Å²) in [6.45, 7) is 4.31.